The number of aromatic nitrogens is 4. The molecule has 2 aromatic heterocycles. The van der Waals surface area contributed by atoms with Gasteiger partial charge in [0.25, 0.3) is 5.88 Å². The fourth-order valence-electron chi connectivity index (χ4n) is 3.14. The van der Waals surface area contributed by atoms with Gasteiger partial charge in [-0.05, 0) is 31.6 Å². The summed E-state index contributed by atoms with van der Waals surface area (Å²) in [7, 11) is 1.73. The SMILES string of the molecule is CC(=O)N[C@H]1CC[C@H](COc2nc(Nc3cn(C)nc3Cl)ncc2F)CC1. The lowest BCUT2D eigenvalue weighted by Gasteiger charge is -2.28. The third kappa shape index (κ3) is 5.29. The fourth-order valence-corrected chi connectivity index (χ4v) is 3.35. The van der Waals surface area contributed by atoms with Crippen LogP contribution in [0.15, 0.2) is 12.4 Å². The van der Waals surface area contributed by atoms with Crippen LogP contribution in [0.2, 0.25) is 5.15 Å². The van der Waals surface area contributed by atoms with E-state index in [1.54, 1.807) is 17.9 Å². The molecule has 1 aliphatic rings. The van der Waals surface area contributed by atoms with Crippen LogP contribution in [-0.2, 0) is 11.8 Å². The molecule has 8 nitrogen and oxygen atoms in total. The van der Waals surface area contributed by atoms with Crippen molar-refractivity contribution in [1.82, 2.24) is 25.1 Å². The number of halogens is 2. The Labute approximate surface area is 161 Å². The van der Waals surface area contributed by atoms with Crippen LogP contribution >= 0.6 is 11.6 Å². The van der Waals surface area contributed by atoms with E-state index in [9.17, 15) is 9.18 Å². The Morgan fingerprint density at radius 2 is 2.15 bits per heavy atom. The highest BCUT2D eigenvalue weighted by molar-refractivity contribution is 6.32. The maximum atomic E-state index is 14.0. The topological polar surface area (TPSA) is 94.0 Å². The molecule has 0 aromatic carbocycles. The first-order valence-corrected chi connectivity index (χ1v) is 9.17. The second-order valence-corrected chi connectivity index (χ2v) is 7.07. The minimum atomic E-state index is -0.621. The molecule has 2 aromatic rings. The maximum Gasteiger partial charge on any atom is 0.255 e. The number of hydrogen-bond acceptors (Lipinski definition) is 6. The highest BCUT2D eigenvalue weighted by atomic mass is 35.5. The van der Waals surface area contributed by atoms with Crippen molar-refractivity contribution in [3.8, 4) is 5.88 Å². The van der Waals surface area contributed by atoms with E-state index in [4.69, 9.17) is 16.3 Å². The number of carbonyl (C=O) groups excluding carboxylic acids is 1. The molecule has 0 saturated heterocycles. The summed E-state index contributed by atoms with van der Waals surface area (Å²) < 4.78 is 21.1. The minimum Gasteiger partial charge on any atom is -0.475 e. The number of nitrogens with zero attached hydrogens (tertiary/aromatic N) is 4. The Bertz CT molecular complexity index is 807. The predicted octanol–water partition coefficient (Wildman–Crippen LogP) is 2.82. The number of hydrogen-bond donors (Lipinski definition) is 2. The molecule has 2 N–H and O–H groups in total. The molecule has 0 aliphatic heterocycles. The number of aryl methyl sites for hydroxylation is 1. The number of amides is 1. The van der Waals surface area contributed by atoms with Crippen molar-refractivity contribution >= 4 is 29.1 Å². The van der Waals surface area contributed by atoms with Gasteiger partial charge in [0.05, 0.1) is 18.5 Å². The van der Waals surface area contributed by atoms with Gasteiger partial charge in [0.1, 0.15) is 0 Å². The molecule has 0 radical (unpaired) electrons. The second-order valence-electron chi connectivity index (χ2n) is 6.71. The van der Waals surface area contributed by atoms with Gasteiger partial charge < -0.3 is 15.4 Å². The van der Waals surface area contributed by atoms with Gasteiger partial charge in [-0.1, -0.05) is 11.6 Å². The van der Waals surface area contributed by atoms with E-state index in [1.807, 2.05) is 0 Å². The van der Waals surface area contributed by atoms with E-state index < -0.39 is 5.82 Å². The Morgan fingerprint density at radius 3 is 2.78 bits per heavy atom. The molecular weight excluding hydrogens is 375 g/mol. The van der Waals surface area contributed by atoms with Crippen molar-refractivity contribution in [1.29, 1.82) is 0 Å². The van der Waals surface area contributed by atoms with E-state index in [0.717, 1.165) is 31.9 Å². The summed E-state index contributed by atoms with van der Waals surface area (Å²) in [6, 6.07) is 0.217. The quantitative estimate of drug-likeness (QED) is 0.779. The Hall–Kier alpha value is -2.42. The molecule has 0 unspecified atom stereocenters. The van der Waals surface area contributed by atoms with Crippen molar-refractivity contribution < 1.29 is 13.9 Å². The highest BCUT2D eigenvalue weighted by Crippen LogP contribution is 2.27. The number of nitrogens with one attached hydrogen (secondary N) is 2. The first kappa shape index (κ1) is 19.3. The van der Waals surface area contributed by atoms with Crippen LogP contribution in [0, 0.1) is 11.7 Å². The fraction of sp³-hybridized carbons (Fsp3) is 0.529. The van der Waals surface area contributed by atoms with Crippen molar-refractivity contribution in [2.75, 3.05) is 11.9 Å². The van der Waals surface area contributed by atoms with Crippen molar-refractivity contribution in [2.45, 2.75) is 38.6 Å². The van der Waals surface area contributed by atoms with Gasteiger partial charge in [-0.25, -0.2) is 4.98 Å². The molecule has 2 heterocycles. The lowest BCUT2D eigenvalue weighted by Crippen LogP contribution is -2.37. The molecule has 1 aliphatic carbocycles. The average molecular weight is 397 g/mol. The molecule has 146 valence electrons. The van der Waals surface area contributed by atoms with Crippen LogP contribution in [0.3, 0.4) is 0 Å². The summed E-state index contributed by atoms with van der Waals surface area (Å²) in [6.45, 7) is 1.89. The Balaban J connectivity index is 1.56. The number of rotatable bonds is 6. The zero-order chi connectivity index (χ0) is 19.4. The first-order chi connectivity index (χ1) is 12.9. The van der Waals surface area contributed by atoms with E-state index in [0.29, 0.717) is 18.2 Å². The molecule has 1 saturated carbocycles. The molecule has 0 bridgehead atoms. The zero-order valence-electron chi connectivity index (χ0n) is 15.2. The summed E-state index contributed by atoms with van der Waals surface area (Å²) in [5, 5.41) is 10.1. The van der Waals surface area contributed by atoms with Crippen LogP contribution in [0.5, 0.6) is 5.88 Å². The van der Waals surface area contributed by atoms with Gasteiger partial charge in [-0.15, -0.1) is 0 Å². The largest absolute Gasteiger partial charge is 0.475 e. The third-order valence-corrected chi connectivity index (χ3v) is 4.73. The smallest absolute Gasteiger partial charge is 0.255 e. The first-order valence-electron chi connectivity index (χ1n) is 8.79. The molecule has 3 rings (SSSR count). The monoisotopic (exact) mass is 396 g/mol. The number of carbonyl (C=O) groups is 1. The average Bonchev–Trinajstić information content (AvgIpc) is 2.93. The van der Waals surface area contributed by atoms with Gasteiger partial charge in [-0.3, -0.25) is 9.48 Å². The van der Waals surface area contributed by atoms with Crippen LogP contribution in [-0.4, -0.2) is 38.3 Å². The van der Waals surface area contributed by atoms with Gasteiger partial charge in [-0.2, -0.15) is 14.5 Å². The third-order valence-electron chi connectivity index (χ3n) is 4.45. The molecule has 1 amide bonds. The van der Waals surface area contributed by atoms with Crippen LogP contribution < -0.4 is 15.4 Å². The lowest BCUT2D eigenvalue weighted by atomic mass is 9.86. The van der Waals surface area contributed by atoms with E-state index in [1.165, 1.54) is 6.92 Å². The van der Waals surface area contributed by atoms with Gasteiger partial charge in [0, 0.05) is 26.2 Å². The van der Waals surface area contributed by atoms with Crippen LogP contribution in [0.4, 0.5) is 16.0 Å². The molecule has 0 atom stereocenters. The molecule has 10 heteroatoms. The van der Waals surface area contributed by atoms with E-state index in [-0.39, 0.29) is 28.9 Å². The normalized spacial score (nSPS) is 19.6. The lowest BCUT2D eigenvalue weighted by molar-refractivity contribution is -0.119. The van der Waals surface area contributed by atoms with Crippen LogP contribution in [0.1, 0.15) is 32.6 Å². The predicted molar refractivity (Wildman–Crippen MR) is 98.5 cm³/mol. The molecular formula is C17H22ClFN6O2. The molecule has 1 fully saturated rings. The summed E-state index contributed by atoms with van der Waals surface area (Å²) >= 11 is 5.99. The highest BCUT2D eigenvalue weighted by Gasteiger charge is 2.23. The summed E-state index contributed by atoms with van der Waals surface area (Å²) in [4.78, 5) is 19.1. The zero-order valence-corrected chi connectivity index (χ0v) is 16.0. The summed E-state index contributed by atoms with van der Waals surface area (Å²) in [5.41, 5.74) is 0.521. The number of anilines is 2. The van der Waals surface area contributed by atoms with Crippen LogP contribution in [0.25, 0.3) is 0 Å². The number of ether oxygens (including phenoxy) is 1. The maximum absolute atomic E-state index is 14.0. The van der Waals surface area contributed by atoms with Crippen molar-refractivity contribution in [2.24, 2.45) is 13.0 Å². The minimum absolute atomic E-state index is 0.00787. The Kier molecular flexibility index (Phi) is 6.10. The standard InChI is InChI=1S/C17H22ClFN6O2/c1-10(26)21-12-5-3-11(4-6-12)9-27-16-13(19)7-20-17(23-16)22-14-8-25(2)24-15(14)18/h7-8,11-12H,3-6,9H2,1-2H3,(H,21,26)(H,20,22,23)/t11-,12-. The van der Waals surface area contributed by atoms with Gasteiger partial charge in [0.2, 0.25) is 17.7 Å². The summed E-state index contributed by atoms with van der Waals surface area (Å²) in [5.74, 6) is -0.253. The van der Waals surface area contributed by atoms with Crippen molar-refractivity contribution in [3.63, 3.8) is 0 Å². The van der Waals surface area contributed by atoms with E-state index >= 15 is 0 Å². The van der Waals surface area contributed by atoms with Gasteiger partial charge >= 0.3 is 0 Å². The molecule has 0 spiro atoms. The molecule has 27 heavy (non-hydrogen) atoms. The summed E-state index contributed by atoms with van der Waals surface area (Å²) in [6.07, 6.45) is 6.34. The van der Waals surface area contributed by atoms with Gasteiger partial charge in [0.15, 0.2) is 5.15 Å². The van der Waals surface area contributed by atoms with Crippen molar-refractivity contribution in [3.05, 3.63) is 23.4 Å². The Morgan fingerprint density at radius 1 is 1.41 bits per heavy atom. The van der Waals surface area contributed by atoms with E-state index in [2.05, 4.69) is 25.7 Å². The second kappa shape index (κ2) is 8.51.